The Hall–Kier alpha value is -3.58. The molecule has 1 aromatic heterocycles. The molecule has 1 aliphatic rings. The van der Waals surface area contributed by atoms with Crippen LogP contribution in [0, 0.1) is 18.3 Å². The second-order valence-corrected chi connectivity index (χ2v) is 8.94. The molecule has 0 radical (unpaired) electrons. The SMILES string of the molecule is COc1ccc(C)cc1C(C)CC(=O)Nc1sc2c(c1C#N)CCN(C(=O)OCC(=O)O)C2. The Labute approximate surface area is 195 Å². The first-order valence-corrected chi connectivity index (χ1v) is 11.2. The number of carbonyl (C=O) groups excluding carboxylic acids is 2. The van der Waals surface area contributed by atoms with Crippen molar-refractivity contribution in [2.24, 2.45) is 0 Å². The smallest absolute Gasteiger partial charge is 0.410 e. The fourth-order valence-electron chi connectivity index (χ4n) is 3.79. The zero-order valence-corrected chi connectivity index (χ0v) is 19.5. The summed E-state index contributed by atoms with van der Waals surface area (Å²) >= 11 is 1.25. The Morgan fingerprint density at radius 3 is 2.79 bits per heavy atom. The molecule has 0 fully saturated rings. The van der Waals surface area contributed by atoms with Crippen LogP contribution >= 0.6 is 11.3 Å². The number of nitriles is 1. The number of methoxy groups -OCH3 is 1. The lowest BCUT2D eigenvalue weighted by molar-refractivity contribution is -0.140. The second-order valence-electron chi connectivity index (χ2n) is 7.84. The molecule has 33 heavy (non-hydrogen) atoms. The topological polar surface area (TPSA) is 129 Å². The molecule has 1 unspecified atom stereocenters. The summed E-state index contributed by atoms with van der Waals surface area (Å²) in [6.45, 7) is 3.71. The molecular formula is C23H25N3O6S. The number of fused-ring (bicyclic) bond motifs is 1. The minimum atomic E-state index is -1.23. The molecule has 174 valence electrons. The van der Waals surface area contributed by atoms with Gasteiger partial charge in [0.05, 0.1) is 19.2 Å². The molecule has 10 heteroatoms. The van der Waals surface area contributed by atoms with Crippen LogP contribution in [0.2, 0.25) is 0 Å². The highest BCUT2D eigenvalue weighted by atomic mass is 32.1. The Morgan fingerprint density at radius 2 is 2.12 bits per heavy atom. The number of ether oxygens (including phenoxy) is 2. The van der Waals surface area contributed by atoms with Crippen LogP contribution in [0.15, 0.2) is 18.2 Å². The fraction of sp³-hybridized carbons (Fsp3) is 0.391. The van der Waals surface area contributed by atoms with Crippen molar-refractivity contribution in [3.8, 4) is 11.8 Å². The van der Waals surface area contributed by atoms with Crippen molar-refractivity contribution in [3.63, 3.8) is 0 Å². The van der Waals surface area contributed by atoms with E-state index >= 15 is 0 Å². The van der Waals surface area contributed by atoms with E-state index in [-0.39, 0.29) is 24.8 Å². The number of benzene rings is 1. The lowest BCUT2D eigenvalue weighted by Gasteiger charge is -2.25. The van der Waals surface area contributed by atoms with E-state index in [9.17, 15) is 19.6 Å². The molecule has 0 saturated heterocycles. The second kappa shape index (κ2) is 10.4. The van der Waals surface area contributed by atoms with E-state index in [1.807, 2.05) is 32.0 Å². The first-order valence-electron chi connectivity index (χ1n) is 10.4. The van der Waals surface area contributed by atoms with Crippen LogP contribution < -0.4 is 10.1 Å². The van der Waals surface area contributed by atoms with Gasteiger partial charge in [-0.2, -0.15) is 5.26 Å². The average Bonchev–Trinajstić information content (AvgIpc) is 3.12. The van der Waals surface area contributed by atoms with Crippen LogP contribution in [0.4, 0.5) is 9.80 Å². The van der Waals surface area contributed by atoms with E-state index in [0.717, 1.165) is 27.3 Å². The molecule has 0 spiro atoms. The highest BCUT2D eigenvalue weighted by Crippen LogP contribution is 2.37. The minimum Gasteiger partial charge on any atom is -0.496 e. The van der Waals surface area contributed by atoms with Gasteiger partial charge in [-0.1, -0.05) is 24.6 Å². The maximum atomic E-state index is 12.8. The van der Waals surface area contributed by atoms with E-state index in [1.54, 1.807) is 7.11 Å². The van der Waals surface area contributed by atoms with Gasteiger partial charge < -0.3 is 24.8 Å². The number of anilines is 1. The van der Waals surface area contributed by atoms with Crippen molar-refractivity contribution in [2.75, 3.05) is 25.6 Å². The lowest BCUT2D eigenvalue weighted by Crippen LogP contribution is -2.36. The first kappa shape index (κ1) is 24.1. The highest BCUT2D eigenvalue weighted by molar-refractivity contribution is 7.16. The van der Waals surface area contributed by atoms with Crippen molar-refractivity contribution in [1.29, 1.82) is 5.26 Å². The predicted octanol–water partition coefficient (Wildman–Crippen LogP) is 3.65. The largest absolute Gasteiger partial charge is 0.496 e. The number of thiophene rings is 1. The van der Waals surface area contributed by atoms with Crippen molar-refractivity contribution in [2.45, 2.75) is 39.2 Å². The van der Waals surface area contributed by atoms with Crippen LogP contribution in [-0.2, 0) is 27.3 Å². The van der Waals surface area contributed by atoms with Crippen molar-refractivity contribution in [3.05, 3.63) is 45.3 Å². The standard InChI is InChI=1S/C23H25N3O6S/c1-13-4-5-18(31-3)16(8-13)14(2)9-20(27)25-22-17(10-24)15-6-7-26(11-19(15)33-22)23(30)32-12-21(28)29/h4-5,8,14H,6-7,9,11-12H2,1-3H3,(H,25,27)(H,28,29). The average molecular weight is 472 g/mol. The summed E-state index contributed by atoms with van der Waals surface area (Å²) in [5.74, 6) is -0.829. The summed E-state index contributed by atoms with van der Waals surface area (Å²) < 4.78 is 10.2. The molecule has 1 atom stereocenters. The van der Waals surface area contributed by atoms with Crippen molar-refractivity contribution >= 4 is 34.3 Å². The predicted molar refractivity (Wildman–Crippen MR) is 122 cm³/mol. The molecule has 2 N–H and O–H groups in total. The first-order chi connectivity index (χ1) is 15.7. The number of rotatable bonds is 7. The molecule has 1 aromatic carbocycles. The third kappa shape index (κ3) is 5.62. The third-order valence-corrected chi connectivity index (χ3v) is 6.54. The van der Waals surface area contributed by atoms with E-state index in [2.05, 4.69) is 11.4 Å². The van der Waals surface area contributed by atoms with Gasteiger partial charge in [-0.3, -0.25) is 4.79 Å². The quantitative estimate of drug-likeness (QED) is 0.630. The Bertz CT molecular complexity index is 1120. The van der Waals surface area contributed by atoms with E-state index in [4.69, 9.17) is 14.6 Å². The van der Waals surface area contributed by atoms with Crippen LogP contribution in [0.3, 0.4) is 0 Å². The molecule has 0 bridgehead atoms. The molecule has 3 rings (SSSR count). The van der Waals surface area contributed by atoms with Gasteiger partial charge in [-0.15, -0.1) is 11.3 Å². The normalized spacial score (nSPS) is 13.5. The number of nitrogens with one attached hydrogen (secondary N) is 1. The molecule has 2 heterocycles. The number of carbonyl (C=O) groups is 3. The summed E-state index contributed by atoms with van der Waals surface area (Å²) in [5, 5.41) is 21.7. The Kier molecular flexibility index (Phi) is 7.55. The number of aryl methyl sites for hydroxylation is 1. The number of nitrogens with zero attached hydrogens (tertiary/aromatic N) is 2. The lowest BCUT2D eigenvalue weighted by atomic mass is 9.95. The van der Waals surface area contributed by atoms with Crippen LogP contribution in [0.25, 0.3) is 0 Å². The summed E-state index contributed by atoms with van der Waals surface area (Å²) in [7, 11) is 1.59. The van der Waals surface area contributed by atoms with Gasteiger partial charge >= 0.3 is 12.1 Å². The fourth-order valence-corrected chi connectivity index (χ4v) is 5.01. The molecule has 0 aliphatic carbocycles. The molecule has 2 amide bonds. The molecule has 2 aromatic rings. The molecule has 0 saturated carbocycles. The van der Waals surface area contributed by atoms with Crippen molar-refractivity contribution in [1.82, 2.24) is 4.90 Å². The highest BCUT2D eigenvalue weighted by Gasteiger charge is 2.29. The summed E-state index contributed by atoms with van der Waals surface area (Å²) in [4.78, 5) is 37.7. The van der Waals surface area contributed by atoms with Crippen LogP contribution in [0.1, 0.15) is 46.4 Å². The molecule has 9 nitrogen and oxygen atoms in total. The van der Waals surface area contributed by atoms with Crippen LogP contribution in [0.5, 0.6) is 5.75 Å². The number of aliphatic carboxylic acids is 1. The maximum Gasteiger partial charge on any atom is 0.410 e. The maximum absolute atomic E-state index is 12.8. The van der Waals surface area contributed by atoms with Gasteiger partial charge in [0.25, 0.3) is 0 Å². The van der Waals surface area contributed by atoms with Gasteiger partial charge in [-0.05, 0) is 36.5 Å². The zero-order chi connectivity index (χ0) is 24.1. The van der Waals surface area contributed by atoms with Gasteiger partial charge in [0.15, 0.2) is 6.61 Å². The number of carboxylic acid groups (broad SMARTS) is 1. The molecular weight excluding hydrogens is 446 g/mol. The monoisotopic (exact) mass is 471 g/mol. The number of hydrogen-bond acceptors (Lipinski definition) is 7. The molecule has 1 aliphatic heterocycles. The minimum absolute atomic E-state index is 0.0977. The summed E-state index contributed by atoms with van der Waals surface area (Å²) in [5.41, 5.74) is 3.22. The summed E-state index contributed by atoms with van der Waals surface area (Å²) in [6, 6.07) is 8.00. The van der Waals surface area contributed by atoms with Gasteiger partial charge in [0.2, 0.25) is 5.91 Å². The third-order valence-electron chi connectivity index (χ3n) is 5.41. The van der Waals surface area contributed by atoms with E-state index < -0.39 is 18.7 Å². The number of hydrogen-bond donors (Lipinski definition) is 2. The van der Waals surface area contributed by atoms with E-state index in [0.29, 0.717) is 23.5 Å². The van der Waals surface area contributed by atoms with E-state index in [1.165, 1.54) is 16.2 Å². The van der Waals surface area contributed by atoms with Crippen molar-refractivity contribution < 1.29 is 29.0 Å². The van der Waals surface area contributed by atoms with Gasteiger partial charge in [0, 0.05) is 17.8 Å². The van der Waals surface area contributed by atoms with Gasteiger partial charge in [0.1, 0.15) is 16.8 Å². The Morgan fingerprint density at radius 1 is 1.36 bits per heavy atom. The zero-order valence-electron chi connectivity index (χ0n) is 18.6. The Balaban J connectivity index is 1.71. The summed E-state index contributed by atoms with van der Waals surface area (Å²) in [6.07, 6.45) is -0.0913. The number of amides is 2. The van der Waals surface area contributed by atoms with Gasteiger partial charge in [-0.25, -0.2) is 9.59 Å². The van der Waals surface area contributed by atoms with Crippen LogP contribution in [-0.4, -0.2) is 48.2 Å². The number of carboxylic acids is 1.